The molecule has 4 aromatic rings. The predicted molar refractivity (Wildman–Crippen MR) is 129 cm³/mol. The van der Waals surface area contributed by atoms with E-state index in [0.717, 1.165) is 17.4 Å². The Morgan fingerprint density at radius 1 is 1.09 bits per heavy atom. The molecule has 1 amide bonds. The van der Waals surface area contributed by atoms with Crippen LogP contribution >= 0.6 is 0 Å². The van der Waals surface area contributed by atoms with Gasteiger partial charge in [0.05, 0.1) is 11.8 Å². The van der Waals surface area contributed by atoms with Crippen molar-refractivity contribution in [1.82, 2.24) is 33.8 Å². The van der Waals surface area contributed by atoms with Gasteiger partial charge in [0.15, 0.2) is 5.65 Å². The number of imidazole rings is 1. The number of sulfonamides is 1. The average Bonchev–Trinajstić information content (AvgIpc) is 3.50. The van der Waals surface area contributed by atoms with Gasteiger partial charge in [-0.15, -0.1) is 0 Å². The largest absolute Gasteiger partial charge is 0.324 e. The van der Waals surface area contributed by atoms with Crippen LogP contribution in [0.25, 0.3) is 33.8 Å². The lowest BCUT2D eigenvalue weighted by Crippen LogP contribution is -2.49. The molecule has 0 radical (unpaired) electrons. The minimum Gasteiger partial charge on any atom is -0.324 e. The molecule has 1 atom stereocenters. The summed E-state index contributed by atoms with van der Waals surface area (Å²) in [6.45, 7) is 2.12. The maximum atomic E-state index is 13.1. The molecule has 6 rings (SSSR count). The Labute approximate surface area is 201 Å². The fourth-order valence-corrected chi connectivity index (χ4v) is 6.51. The molecule has 0 saturated carbocycles. The van der Waals surface area contributed by atoms with E-state index in [-0.39, 0.29) is 5.91 Å². The van der Waals surface area contributed by atoms with Gasteiger partial charge < -0.3 is 9.88 Å². The molecule has 1 fully saturated rings. The highest BCUT2D eigenvalue weighted by molar-refractivity contribution is 7.88. The number of nitrogens with one attached hydrogen (secondary N) is 1. The number of carbonyl (C=O) groups is 1. The van der Waals surface area contributed by atoms with Crippen LogP contribution in [0.5, 0.6) is 0 Å². The van der Waals surface area contributed by atoms with Crippen molar-refractivity contribution >= 4 is 32.8 Å². The second kappa shape index (κ2) is 7.36. The van der Waals surface area contributed by atoms with E-state index in [1.807, 2.05) is 30.7 Å². The molecule has 2 aliphatic rings. The van der Waals surface area contributed by atoms with Gasteiger partial charge in [-0.1, -0.05) is 6.07 Å². The minimum absolute atomic E-state index is 0.301. The summed E-state index contributed by atoms with van der Waals surface area (Å²) in [7, 11) is -1.73. The quantitative estimate of drug-likeness (QED) is 0.461. The van der Waals surface area contributed by atoms with Crippen molar-refractivity contribution in [3.63, 3.8) is 0 Å². The van der Waals surface area contributed by atoms with Gasteiger partial charge in [-0.05, 0) is 31.9 Å². The predicted octanol–water partition coefficient (Wildman–Crippen LogP) is 2.00. The topological polar surface area (TPSA) is 136 Å². The lowest BCUT2D eigenvalue weighted by molar-refractivity contribution is -0.123. The molecule has 1 N–H and O–H groups in total. The highest BCUT2D eigenvalue weighted by Crippen LogP contribution is 2.49. The van der Waals surface area contributed by atoms with E-state index in [1.54, 1.807) is 18.5 Å². The van der Waals surface area contributed by atoms with Crippen LogP contribution in [0.3, 0.4) is 0 Å². The zero-order valence-electron chi connectivity index (χ0n) is 19.3. The van der Waals surface area contributed by atoms with E-state index in [1.165, 1.54) is 10.6 Å². The third-order valence-corrected chi connectivity index (χ3v) is 8.08. The molecular formula is C23H22N8O3S. The van der Waals surface area contributed by atoms with E-state index in [9.17, 15) is 13.2 Å². The number of fused-ring (bicyclic) bond motifs is 3. The summed E-state index contributed by atoms with van der Waals surface area (Å²) in [4.78, 5) is 35.4. The highest BCUT2D eigenvalue weighted by Gasteiger charge is 2.57. The van der Waals surface area contributed by atoms with Crippen LogP contribution in [0.1, 0.15) is 24.2 Å². The normalized spacial score (nSPS) is 20.0. The Kier molecular flexibility index (Phi) is 4.57. The Morgan fingerprint density at radius 3 is 2.60 bits per heavy atom. The van der Waals surface area contributed by atoms with Crippen molar-refractivity contribution in [3.8, 4) is 22.6 Å². The summed E-state index contributed by atoms with van der Waals surface area (Å²) in [5.74, 6) is 0.994. The van der Waals surface area contributed by atoms with Gasteiger partial charge in [0, 0.05) is 42.8 Å². The van der Waals surface area contributed by atoms with Crippen LogP contribution in [-0.2, 0) is 27.4 Å². The molecule has 1 spiro atoms. The number of hydrogen-bond donors (Lipinski definition) is 1. The maximum Gasteiger partial charge on any atom is 0.250 e. The first-order valence-electron chi connectivity index (χ1n) is 11.1. The Bertz CT molecular complexity index is 1630. The molecule has 2 aliphatic heterocycles. The third kappa shape index (κ3) is 3.09. The summed E-state index contributed by atoms with van der Waals surface area (Å²) < 4.78 is 28.3. The Balaban J connectivity index is 1.53. The first-order valence-corrected chi connectivity index (χ1v) is 13.0. The smallest absolute Gasteiger partial charge is 0.250 e. The van der Waals surface area contributed by atoms with Crippen LogP contribution in [0, 0.1) is 6.92 Å². The monoisotopic (exact) mass is 490 g/mol. The zero-order chi connectivity index (χ0) is 24.5. The average molecular weight is 491 g/mol. The van der Waals surface area contributed by atoms with Crippen molar-refractivity contribution in [2.45, 2.75) is 25.3 Å². The number of benzene rings is 1. The number of nitrogens with zero attached hydrogens (tertiary/aromatic N) is 7. The van der Waals surface area contributed by atoms with Gasteiger partial charge in [0.2, 0.25) is 10.0 Å². The molecule has 5 heterocycles. The fraction of sp³-hybridized carbons (Fsp3) is 0.304. The molecule has 1 unspecified atom stereocenters. The van der Waals surface area contributed by atoms with Gasteiger partial charge >= 0.3 is 0 Å². The summed E-state index contributed by atoms with van der Waals surface area (Å²) in [5, 5.41) is 2.88. The van der Waals surface area contributed by atoms with Crippen molar-refractivity contribution < 1.29 is 13.2 Å². The molecular weight excluding hydrogens is 468 g/mol. The summed E-state index contributed by atoms with van der Waals surface area (Å²) >= 11 is 0. The number of carbonyl (C=O) groups excluding carboxylic acids is 1. The van der Waals surface area contributed by atoms with Crippen LogP contribution in [0.4, 0.5) is 5.69 Å². The van der Waals surface area contributed by atoms with Crippen LogP contribution in [-0.4, -0.2) is 60.9 Å². The van der Waals surface area contributed by atoms with Crippen LogP contribution < -0.4 is 5.32 Å². The number of aromatic nitrogens is 6. The van der Waals surface area contributed by atoms with E-state index >= 15 is 0 Å². The lowest BCUT2D eigenvalue weighted by Gasteiger charge is -2.31. The second-order valence-electron chi connectivity index (χ2n) is 8.92. The Hall–Kier alpha value is -3.77. The number of anilines is 1. The van der Waals surface area contributed by atoms with Gasteiger partial charge in [-0.25, -0.2) is 33.3 Å². The molecule has 1 saturated heterocycles. The zero-order valence-corrected chi connectivity index (χ0v) is 20.2. The van der Waals surface area contributed by atoms with E-state index in [2.05, 4.69) is 25.3 Å². The SMILES string of the molecule is Cc1ncc(-c2nc3c(-c4ccc5c(c4)C4(CCCN4S(C)(=O)=O)C(=O)N5)ncnc3n2C)cn1. The molecule has 3 aromatic heterocycles. The minimum atomic E-state index is -3.60. The first-order chi connectivity index (χ1) is 16.7. The van der Waals surface area contributed by atoms with Crippen LogP contribution in [0.2, 0.25) is 0 Å². The molecule has 1 aromatic carbocycles. The van der Waals surface area contributed by atoms with Crippen molar-refractivity contribution in [2.75, 3.05) is 18.1 Å². The van der Waals surface area contributed by atoms with Gasteiger partial charge in [-0.3, -0.25) is 4.79 Å². The van der Waals surface area contributed by atoms with Crippen LogP contribution in [0.15, 0.2) is 36.9 Å². The molecule has 11 nitrogen and oxygen atoms in total. The summed E-state index contributed by atoms with van der Waals surface area (Å²) in [5.41, 5.74) is 3.27. The van der Waals surface area contributed by atoms with E-state index in [0.29, 0.717) is 59.1 Å². The van der Waals surface area contributed by atoms with Gasteiger partial charge in [0.1, 0.15) is 34.7 Å². The molecule has 12 heteroatoms. The summed E-state index contributed by atoms with van der Waals surface area (Å²) in [6.07, 6.45) is 7.07. The standard InChI is InChI=1S/C23H22N8O3S/c1-13-24-10-15(11-25-13)20-29-19-18(26-12-27-21(19)30(20)2)14-5-6-17-16(9-14)23(22(32)28-17)7-4-8-31(23)35(3,33)34/h5-6,9-12H,4,7-8H2,1-3H3,(H,28,32). The molecule has 0 aliphatic carbocycles. The van der Waals surface area contributed by atoms with Gasteiger partial charge in [-0.2, -0.15) is 4.31 Å². The van der Waals surface area contributed by atoms with E-state index < -0.39 is 15.6 Å². The van der Waals surface area contributed by atoms with Crippen molar-refractivity contribution in [1.29, 1.82) is 0 Å². The number of hydrogen-bond acceptors (Lipinski definition) is 8. The highest BCUT2D eigenvalue weighted by atomic mass is 32.2. The number of rotatable bonds is 3. The van der Waals surface area contributed by atoms with Gasteiger partial charge in [0.25, 0.3) is 5.91 Å². The lowest BCUT2D eigenvalue weighted by atomic mass is 9.88. The maximum absolute atomic E-state index is 13.1. The third-order valence-electron chi connectivity index (χ3n) is 6.78. The second-order valence-corrected chi connectivity index (χ2v) is 10.8. The first kappa shape index (κ1) is 21.7. The Morgan fingerprint density at radius 2 is 1.86 bits per heavy atom. The van der Waals surface area contributed by atoms with Crippen molar-refractivity contribution in [3.05, 3.63) is 48.3 Å². The van der Waals surface area contributed by atoms with E-state index in [4.69, 9.17) is 4.98 Å². The molecule has 0 bridgehead atoms. The summed E-state index contributed by atoms with van der Waals surface area (Å²) in [6, 6.07) is 5.49. The number of amides is 1. The number of aryl methyl sites for hydroxylation is 2. The van der Waals surface area contributed by atoms with Crippen molar-refractivity contribution in [2.24, 2.45) is 7.05 Å². The molecule has 35 heavy (non-hydrogen) atoms. The molecule has 178 valence electrons. The fourth-order valence-electron chi connectivity index (χ4n) is 5.21.